The Bertz CT molecular complexity index is 757. The van der Waals surface area contributed by atoms with E-state index >= 15 is 0 Å². The number of nitrogens with two attached hydrogens (primary N) is 1. The van der Waals surface area contributed by atoms with Gasteiger partial charge in [0.25, 0.3) is 5.91 Å². The van der Waals surface area contributed by atoms with Gasteiger partial charge in [0.1, 0.15) is 5.69 Å². The van der Waals surface area contributed by atoms with Crippen molar-refractivity contribution in [1.82, 2.24) is 4.98 Å². The van der Waals surface area contributed by atoms with Crippen LogP contribution in [0.25, 0.3) is 0 Å². The largest absolute Gasteiger partial charge is 0.397 e. The van der Waals surface area contributed by atoms with Crippen LogP contribution in [-0.4, -0.2) is 25.6 Å². The predicted octanol–water partition coefficient (Wildman–Crippen LogP) is 1.29. The number of nitrogen functional groups attached to an aromatic ring is 1. The van der Waals surface area contributed by atoms with E-state index in [1.165, 1.54) is 18.3 Å². The van der Waals surface area contributed by atoms with E-state index in [2.05, 4.69) is 15.0 Å². The second-order valence-electron chi connectivity index (χ2n) is 4.39. The van der Waals surface area contributed by atoms with Gasteiger partial charge in [0, 0.05) is 5.69 Å². The van der Waals surface area contributed by atoms with E-state index in [1.54, 1.807) is 24.3 Å². The van der Waals surface area contributed by atoms with Gasteiger partial charge in [-0.2, -0.15) is 0 Å². The number of anilines is 3. The number of hydrogen-bond donors (Lipinski definition) is 3. The Kier molecular flexibility index (Phi) is 4.08. The number of carbonyl (C=O) groups excluding carboxylic acids is 1. The van der Waals surface area contributed by atoms with E-state index in [4.69, 9.17) is 5.73 Å². The quantitative estimate of drug-likeness (QED) is 0.787. The highest BCUT2D eigenvalue weighted by Gasteiger charge is 2.08. The van der Waals surface area contributed by atoms with Crippen LogP contribution in [0.3, 0.4) is 0 Å². The maximum absolute atomic E-state index is 12.0. The summed E-state index contributed by atoms with van der Waals surface area (Å²) in [6, 6.07) is 9.43. The average molecular weight is 306 g/mol. The summed E-state index contributed by atoms with van der Waals surface area (Å²) < 4.78 is 24.7. The third-order valence-electron chi connectivity index (χ3n) is 2.44. The van der Waals surface area contributed by atoms with Crippen molar-refractivity contribution in [3.63, 3.8) is 0 Å². The Morgan fingerprint density at radius 2 is 1.90 bits per heavy atom. The van der Waals surface area contributed by atoms with Crippen molar-refractivity contribution >= 4 is 33.0 Å². The first-order chi connectivity index (χ1) is 9.83. The molecule has 1 aromatic carbocycles. The van der Waals surface area contributed by atoms with Crippen LogP contribution in [0.2, 0.25) is 0 Å². The molecule has 0 saturated carbocycles. The molecule has 0 aliphatic rings. The number of rotatable bonds is 4. The zero-order valence-corrected chi connectivity index (χ0v) is 12.0. The van der Waals surface area contributed by atoms with E-state index in [-0.39, 0.29) is 5.69 Å². The molecule has 7 nitrogen and oxygen atoms in total. The molecule has 0 spiro atoms. The van der Waals surface area contributed by atoms with Gasteiger partial charge >= 0.3 is 0 Å². The number of nitrogens with zero attached hydrogens (tertiary/aromatic N) is 1. The number of amides is 1. The molecular formula is C13H14N4O3S. The molecule has 0 radical (unpaired) electrons. The SMILES string of the molecule is CS(=O)(=O)Nc1cccc(NC(=O)c2ccc(N)cn2)c1. The van der Waals surface area contributed by atoms with E-state index in [9.17, 15) is 13.2 Å². The number of hydrogen-bond acceptors (Lipinski definition) is 5. The number of nitrogens with one attached hydrogen (secondary N) is 2. The second-order valence-corrected chi connectivity index (χ2v) is 6.13. The molecule has 21 heavy (non-hydrogen) atoms. The topological polar surface area (TPSA) is 114 Å². The van der Waals surface area contributed by atoms with Crippen molar-refractivity contribution in [2.24, 2.45) is 0 Å². The molecule has 2 aromatic rings. The Morgan fingerprint density at radius 1 is 1.19 bits per heavy atom. The molecule has 0 atom stereocenters. The summed E-state index contributed by atoms with van der Waals surface area (Å²) in [5.41, 5.74) is 6.99. The van der Waals surface area contributed by atoms with E-state index in [0.29, 0.717) is 17.1 Å². The lowest BCUT2D eigenvalue weighted by molar-refractivity contribution is 0.102. The van der Waals surface area contributed by atoms with Crippen LogP contribution >= 0.6 is 0 Å². The number of sulfonamides is 1. The van der Waals surface area contributed by atoms with Gasteiger partial charge in [0.05, 0.1) is 23.8 Å². The number of benzene rings is 1. The minimum absolute atomic E-state index is 0.214. The first-order valence-corrected chi connectivity index (χ1v) is 7.83. The van der Waals surface area contributed by atoms with Gasteiger partial charge in [-0.05, 0) is 30.3 Å². The number of pyridine rings is 1. The molecule has 0 aliphatic carbocycles. The van der Waals surface area contributed by atoms with Gasteiger partial charge < -0.3 is 11.1 Å². The minimum Gasteiger partial charge on any atom is -0.397 e. The molecule has 0 aliphatic heterocycles. The summed E-state index contributed by atoms with van der Waals surface area (Å²) in [5, 5.41) is 2.63. The Labute approximate surface area is 122 Å². The Hall–Kier alpha value is -2.61. The van der Waals surface area contributed by atoms with Crippen molar-refractivity contribution in [3.05, 3.63) is 48.3 Å². The molecular weight excluding hydrogens is 292 g/mol. The van der Waals surface area contributed by atoms with E-state index in [0.717, 1.165) is 6.26 Å². The predicted molar refractivity (Wildman–Crippen MR) is 81.5 cm³/mol. The highest BCUT2D eigenvalue weighted by Crippen LogP contribution is 2.16. The summed E-state index contributed by atoms with van der Waals surface area (Å²) in [4.78, 5) is 15.9. The fourth-order valence-electron chi connectivity index (χ4n) is 1.61. The van der Waals surface area contributed by atoms with Crippen molar-refractivity contribution in [3.8, 4) is 0 Å². The van der Waals surface area contributed by atoms with Crippen molar-refractivity contribution in [2.75, 3.05) is 22.0 Å². The highest BCUT2D eigenvalue weighted by molar-refractivity contribution is 7.92. The van der Waals surface area contributed by atoms with Gasteiger partial charge in [-0.25, -0.2) is 13.4 Å². The van der Waals surface area contributed by atoms with Gasteiger partial charge in [-0.1, -0.05) is 6.07 Å². The molecule has 4 N–H and O–H groups in total. The van der Waals surface area contributed by atoms with Gasteiger partial charge in [0.2, 0.25) is 10.0 Å². The summed E-state index contributed by atoms with van der Waals surface area (Å²) in [6.45, 7) is 0. The van der Waals surface area contributed by atoms with Crippen LogP contribution in [0, 0.1) is 0 Å². The maximum atomic E-state index is 12.0. The first kappa shape index (κ1) is 14.8. The first-order valence-electron chi connectivity index (χ1n) is 5.94. The monoisotopic (exact) mass is 306 g/mol. The van der Waals surface area contributed by atoms with Crippen LogP contribution in [0.4, 0.5) is 17.1 Å². The highest BCUT2D eigenvalue weighted by atomic mass is 32.2. The summed E-state index contributed by atoms with van der Waals surface area (Å²) in [6.07, 6.45) is 2.44. The van der Waals surface area contributed by atoms with Crippen LogP contribution in [-0.2, 0) is 10.0 Å². The van der Waals surface area contributed by atoms with Gasteiger partial charge in [-0.15, -0.1) is 0 Å². The fourth-order valence-corrected chi connectivity index (χ4v) is 2.16. The zero-order valence-electron chi connectivity index (χ0n) is 11.2. The van der Waals surface area contributed by atoms with E-state index < -0.39 is 15.9 Å². The Morgan fingerprint density at radius 3 is 2.52 bits per heavy atom. The van der Waals surface area contributed by atoms with Crippen LogP contribution < -0.4 is 15.8 Å². The third-order valence-corrected chi connectivity index (χ3v) is 3.05. The van der Waals surface area contributed by atoms with Crippen molar-refractivity contribution in [2.45, 2.75) is 0 Å². The normalized spacial score (nSPS) is 10.9. The molecule has 0 fully saturated rings. The molecule has 0 saturated heterocycles. The number of carbonyl (C=O) groups is 1. The Balaban J connectivity index is 2.14. The standard InChI is InChI=1S/C13H14N4O3S/c1-21(19,20)17-11-4-2-3-10(7-11)16-13(18)12-6-5-9(14)8-15-12/h2-8,17H,14H2,1H3,(H,16,18). The van der Waals surface area contributed by atoms with Gasteiger partial charge in [0.15, 0.2) is 0 Å². The van der Waals surface area contributed by atoms with Crippen molar-refractivity contribution in [1.29, 1.82) is 0 Å². The lowest BCUT2D eigenvalue weighted by Gasteiger charge is -2.08. The van der Waals surface area contributed by atoms with E-state index in [1.807, 2.05) is 0 Å². The minimum atomic E-state index is -3.37. The summed E-state index contributed by atoms with van der Waals surface area (Å²) in [5.74, 6) is -0.411. The maximum Gasteiger partial charge on any atom is 0.274 e. The van der Waals surface area contributed by atoms with Crippen LogP contribution in [0.5, 0.6) is 0 Å². The molecule has 0 bridgehead atoms. The van der Waals surface area contributed by atoms with Gasteiger partial charge in [-0.3, -0.25) is 9.52 Å². The third kappa shape index (κ3) is 4.46. The van der Waals surface area contributed by atoms with Crippen molar-refractivity contribution < 1.29 is 13.2 Å². The summed E-state index contributed by atoms with van der Waals surface area (Å²) >= 11 is 0. The summed E-state index contributed by atoms with van der Waals surface area (Å²) in [7, 11) is -3.37. The molecule has 110 valence electrons. The molecule has 1 heterocycles. The molecule has 1 aromatic heterocycles. The zero-order chi connectivity index (χ0) is 15.5. The molecule has 0 unspecified atom stereocenters. The lowest BCUT2D eigenvalue weighted by atomic mass is 10.2. The average Bonchev–Trinajstić information content (AvgIpc) is 2.37. The second kappa shape index (κ2) is 5.80. The molecule has 2 rings (SSSR count). The van der Waals surface area contributed by atoms with Crippen LogP contribution in [0.1, 0.15) is 10.5 Å². The van der Waals surface area contributed by atoms with Crippen LogP contribution in [0.15, 0.2) is 42.6 Å². The molecule has 8 heteroatoms. The number of aromatic nitrogens is 1. The molecule has 1 amide bonds. The fraction of sp³-hybridized carbons (Fsp3) is 0.0769. The smallest absolute Gasteiger partial charge is 0.274 e. The lowest BCUT2D eigenvalue weighted by Crippen LogP contribution is -2.14.